The quantitative estimate of drug-likeness (QED) is 0.419. The van der Waals surface area contributed by atoms with Gasteiger partial charge in [-0.3, -0.25) is 4.68 Å². The smallest absolute Gasteiger partial charge is 0.130 e. The molecular weight excluding hydrogens is 364 g/mol. The molecule has 0 aliphatic heterocycles. The minimum absolute atomic E-state index is 0.784. The summed E-state index contributed by atoms with van der Waals surface area (Å²) in [6.45, 7) is 4.20. The molecule has 5 heteroatoms. The predicted molar refractivity (Wildman–Crippen MR) is 118 cm³/mol. The molecule has 0 unspecified atom stereocenters. The van der Waals surface area contributed by atoms with E-state index in [1.165, 1.54) is 10.1 Å². The van der Waals surface area contributed by atoms with Crippen molar-refractivity contribution < 1.29 is 0 Å². The Morgan fingerprint density at radius 2 is 1.89 bits per heavy atom. The lowest BCUT2D eigenvalue weighted by molar-refractivity contribution is 0.768. The number of anilines is 1. The van der Waals surface area contributed by atoms with Crippen LogP contribution in [-0.2, 0) is 7.05 Å². The molecule has 3 heterocycles. The van der Waals surface area contributed by atoms with Gasteiger partial charge < -0.3 is 5.32 Å². The number of nitrogens with one attached hydrogen (secondary N) is 1. The monoisotopic (exact) mass is 382 g/mol. The molecule has 5 aromatic rings. The lowest BCUT2D eigenvalue weighted by Gasteiger charge is -2.10. The average Bonchev–Trinajstić information content (AvgIpc) is 3.35. The van der Waals surface area contributed by atoms with E-state index in [1.54, 1.807) is 11.3 Å². The first-order valence-electron chi connectivity index (χ1n) is 8.98. The Morgan fingerprint density at radius 1 is 0.964 bits per heavy atom. The maximum atomic E-state index is 4.54. The number of pyridine rings is 1. The van der Waals surface area contributed by atoms with Gasteiger partial charge in [-0.1, -0.05) is 24.8 Å². The van der Waals surface area contributed by atoms with Gasteiger partial charge >= 0.3 is 0 Å². The van der Waals surface area contributed by atoms with E-state index in [-0.39, 0.29) is 0 Å². The lowest BCUT2D eigenvalue weighted by Crippen LogP contribution is -1.99. The van der Waals surface area contributed by atoms with Crippen molar-refractivity contribution in [3.63, 3.8) is 0 Å². The van der Waals surface area contributed by atoms with Crippen molar-refractivity contribution in [3.05, 3.63) is 84.6 Å². The van der Waals surface area contributed by atoms with Gasteiger partial charge in [0.15, 0.2) is 0 Å². The summed E-state index contributed by atoms with van der Waals surface area (Å²) in [4.78, 5) is 4.54. The van der Waals surface area contributed by atoms with Gasteiger partial charge in [0.2, 0.25) is 0 Å². The predicted octanol–water partition coefficient (Wildman–Crippen LogP) is 5.93. The molecule has 136 valence electrons. The Bertz CT molecular complexity index is 1330. The summed E-state index contributed by atoms with van der Waals surface area (Å²) < 4.78 is 3.09. The molecule has 5 rings (SSSR count). The first-order valence-corrected chi connectivity index (χ1v) is 9.86. The van der Waals surface area contributed by atoms with E-state index in [2.05, 4.69) is 75.9 Å². The van der Waals surface area contributed by atoms with Crippen LogP contribution in [0.15, 0.2) is 79.1 Å². The van der Waals surface area contributed by atoms with Gasteiger partial charge in [0, 0.05) is 40.8 Å². The molecule has 0 fully saturated rings. The van der Waals surface area contributed by atoms with Crippen LogP contribution >= 0.6 is 11.3 Å². The van der Waals surface area contributed by atoms with Crippen LogP contribution in [-0.4, -0.2) is 14.8 Å². The van der Waals surface area contributed by atoms with E-state index in [4.69, 9.17) is 0 Å². The highest BCUT2D eigenvalue weighted by Gasteiger charge is 2.06. The van der Waals surface area contributed by atoms with E-state index in [1.807, 2.05) is 30.3 Å². The van der Waals surface area contributed by atoms with E-state index in [0.717, 1.165) is 39.0 Å². The SMILES string of the molecule is C=C(Nc1cc2cc(-c3cnn(C)c3)ccc2cn1)c1ccc2sccc2c1. The number of nitrogens with zero attached hydrogens (tertiary/aromatic N) is 3. The second kappa shape index (κ2) is 6.62. The highest BCUT2D eigenvalue weighted by atomic mass is 32.1. The third-order valence-electron chi connectivity index (χ3n) is 4.84. The van der Waals surface area contributed by atoms with E-state index in [0.29, 0.717) is 0 Å². The van der Waals surface area contributed by atoms with Crippen molar-refractivity contribution in [2.75, 3.05) is 5.32 Å². The van der Waals surface area contributed by atoms with E-state index in [9.17, 15) is 0 Å². The fraction of sp³-hybridized carbons (Fsp3) is 0.0435. The molecular formula is C23H18N4S. The summed E-state index contributed by atoms with van der Waals surface area (Å²) in [5.41, 5.74) is 4.14. The molecule has 3 aromatic heterocycles. The zero-order valence-electron chi connectivity index (χ0n) is 15.4. The van der Waals surface area contributed by atoms with Crippen molar-refractivity contribution in [1.82, 2.24) is 14.8 Å². The molecule has 0 aliphatic rings. The van der Waals surface area contributed by atoms with Gasteiger partial charge in [-0.15, -0.1) is 11.3 Å². The molecule has 1 N–H and O–H groups in total. The molecule has 28 heavy (non-hydrogen) atoms. The highest BCUT2D eigenvalue weighted by molar-refractivity contribution is 7.17. The molecule has 0 saturated carbocycles. The van der Waals surface area contributed by atoms with E-state index < -0.39 is 0 Å². The Labute approximate surface area is 166 Å². The number of hydrogen-bond donors (Lipinski definition) is 1. The number of hydrogen-bond acceptors (Lipinski definition) is 4. The summed E-state index contributed by atoms with van der Waals surface area (Å²) in [6.07, 6.45) is 5.79. The van der Waals surface area contributed by atoms with Crippen LogP contribution in [0.2, 0.25) is 0 Å². The summed E-state index contributed by atoms with van der Waals surface area (Å²) in [7, 11) is 1.93. The van der Waals surface area contributed by atoms with Crippen molar-refractivity contribution in [1.29, 1.82) is 0 Å². The first-order chi connectivity index (χ1) is 13.7. The van der Waals surface area contributed by atoms with E-state index >= 15 is 0 Å². The number of aryl methyl sites for hydroxylation is 1. The van der Waals surface area contributed by atoms with Gasteiger partial charge in [0.1, 0.15) is 5.82 Å². The van der Waals surface area contributed by atoms with Crippen molar-refractivity contribution >= 4 is 43.7 Å². The molecule has 0 atom stereocenters. The van der Waals surface area contributed by atoms with Gasteiger partial charge in [0.25, 0.3) is 0 Å². The number of benzene rings is 2. The fourth-order valence-corrected chi connectivity index (χ4v) is 4.11. The molecule has 0 amide bonds. The van der Waals surface area contributed by atoms with Crippen LogP contribution in [0.3, 0.4) is 0 Å². The molecule has 4 nitrogen and oxygen atoms in total. The van der Waals surface area contributed by atoms with Crippen molar-refractivity contribution in [3.8, 4) is 11.1 Å². The molecule has 0 bridgehead atoms. The fourth-order valence-electron chi connectivity index (χ4n) is 3.34. The topological polar surface area (TPSA) is 42.7 Å². The molecule has 0 radical (unpaired) electrons. The van der Waals surface area contributed by atoms with Crippen molar-refractivity contribution in [2.45, 2.75) is 0 Å². The summed E-state index contributed by atoms with van der Waals surface area (Å²) in [5.74, 6) is 0.784. The number of rotatable bonds is 4. The van der Waals surface area contributed by atoms with Crippen LogP contribution in [0.4, 0.5) is 5.82 Å². The summed E-state index contributed by atoms with van der Waals surface area (Å²) in [5, 5.41) is 13.2. The van der Waals surface area contributed by atoms with Crippen LogP contribution in [0.25, 0.3) is 37.7 Å². The van der Waals surface area contributed by atoms with Crippen LogP contribution in [0.5, 0.6) is 0 Å². The molecule has 0 aliphatic carbocycles. The second-order valence-electron chi connectivity index (χ2n) is 6.81. The highest BCUT2D eigenvalue weighted by Crippen LogP contribution is 2.28. The number of aromatic nitrogens is 3. The third kappa shape index (κ3) is 3.06. The summed E-state index contributed by atoms with van der Waals surface area (Å²) in [6, 6.07) is 16.9. The van der Waals surface area contributed by atoms with Crippen LogP contribution in [0.1, 0.15) is 5.56 Å². The maximum absolute atomic E-state index is 4.54. The van der Waals surface area contributed by atoms with Crippen molar-refractivity contribution in [2.24, 2.45) is 7.05 Å². The van der Waals surface area contributed by atoms with Gasteiger partial charge in [-0.25, -0.2) is 4.98 Å². The first kappa shape index (κ1) is 16.7. The van der Waals surface area contributed by atoms with Crippen LogP contribution in [0, 0.1) is 0 Å². The average molecular weight is 382 g/mol. The number of thiophene rings is 1. The van der Waals surface area contributed by atoms with Gasteiger partial charge in [0.05, 0.1) is 6.20 Å². The molecule has 0 saturated heterocycles. The lowest BCUT2D eigenvalue weighted by atomic mass is 10.0. The maximum Gasteiger partial charge on any atom is 0.130 e. The summed E-state index contributed by atoms with van der Waals surface area (Å²) >= 11 is 1.75. The second-order valence-corrected chi connectivity index (χ2v) is 7.76. The molecule has 0 spiro atoms. The van der Waals surface area contributed by atoms with Gasteiger partial charge in [-0.2, -0.15) is 5.10 Å². The standard InChI is InChI=1S/C23H18N4S/c1-15(16-5-6-22-18(9-16)7-8-28-22)26-23-11-20-10-17(3-4-19(20)12-24-23)21-13-25-27(2)14-21/h3-14H,1H2,2H3,(H,24,26). The number of fused-ring (bicyclic) bond motifs is 2. The Kier molecular flexibility index (Phi) is 3.95. The molecule has 2 aromatic carbocycles. The zero-order chi connectivity index (χ0) is 19.1. The third-order valence-corrected chi connectivity index (χ3v) is 5.74. The zero-order valence-corrected chi connectivity index (χ0v) is 16.2. The Balaban J connectivity index is 1.45. The largest absolute Gasteiger partial charge is 0.340 e. The normalized spacial score (nSPS) is 11.2. The Morgan fingerprint density at radius 3 is 2.75 bits per heavy atom. The van der Waals surface area contributed by atoms with Crippen LogP contribution < -0.4 is 5.32 Å². The van der Waals surface area contributed by atoms with Gasteiger partial charge in [-0.05, 0) is 57.6 Å². The minimum Gasteiger partial charge on any atom is -0.340 e. The Hall–Kier alpha value is -3.44. The minimum atomic E-state index is 0.784.